The summed E-state index contributed by atoms with van der Waals surface area (Å²) in [6.07, 6.45) is 1.93. The molecule has 0 heterocycles. The van der Waals surface area contributed by atoms with Gasteiger partial charge >= 0.3 is 0 Å². The molecule has 3 aromatic carbocycles. The summed E-state index contributed by atoms with van der Waals surface area (Å²) in [6.45, 7) is 3.40. The number of amides is 1. The summed E-state index contributed by atoms with van der Waals surface area (Å²) in [4.78, 5) is 14.1. The van der Waals surface area contributed by atoms with Crippen LogP contribution in [0.5, 0.6) is 5.75 Å². The van der Waals surface area contributed by atoms with E-state index >= 15 is 0 Å². The summed E-state index contributed by atoms with van der Waals surface area (Å²) >= 11 is 1.53. The Hall–Kier alpha value is -2.97. The number of aryl methyl sites for hydroxylation is 1. The minimum Gasteiger partial charge on any atom is -0.496 e. The monoisotopic (exact) mass is 484 g/mol. The van der Waals surface area contributed by atoms with Gasteiger partial charge in [-0.1, -0.05) is 35.9 Å². The van der Waals surface area contributed by atoms with Crippen LogP contribution in [0.1, 0.15) is 24.1 Å². The first-order chi connectivity index (χ1) is 15.8. The highest BCUT2D eigenvalue weighted by Crippen LogP contribution is 2.27. The molecule has 0 aliphatic rings. The summed E-state index contributed by atoms with van der Waals surface area (Å²) < 4.78 is 33.6. The summed E-state index contributed by atoms with van der Waals surface area (Å²) in [5, 5.41) is 2.90. The number of anilines is 1. The number of carbonyl (C=O) groups excluding carboxylic acids is 1. The number of hydrogen-bond acceptors (Lipinski definition) is 5. The highest BCUT2D eigenvalue weighted by molar-refractivity contribution is 7.98. The van der Waals surface area contributed by atoms with Crippen LogP contribution >= 0.6 is 11.8 Å². The van der Waals surface area contributed by atoms with Gasteiger partial charge in [0.25, 0.3) is 10.0 Å². The van der Waals surface area contributed by atoms with Crippen molar-refractivity contribution in [1.29, 1.82) is 0 Å². The molecule has 1 N–H and O–H groups in total. The van der Waals surface area contributed by atoms with Crippen molar-refractivity contribution in [3.8, 4) is 5.75 Å². The van der Waals surface area contributed by atoms with Gasteiger partial charge in [0.1, 0.15) is 12.3 Å². The Kier molecular flexibility index (Phi) is 8.05. The van der Waals surface area contributed by atoms with Gasteiger partial charge in [0.2, 0.25) is 5.91 Å². The molecule has 6 nitrogen and oxygen atoms in total. The van der Waals surface area contributed by atoms with Crippen LogP contribution < -0.4 is 14.4 Å². The lowest BCUT2D eigenvalue weighted by atomic mass is 10.1. The van der Waals surface area contributed by atoms with E-state index in [4.69, 9.17) is 4.74 Å². The van der Waals surface area contributed by atoms with Crippen molar-refractivity contribution in [2.45, 2.75) is 29.7 Å². The molecule has 3 aromatic rings. The molecule has 0 saturated carbocycles. The average molecular weight is 485 g/mol. The van der Waals surface area contributed by atoms with E-state index in [0.29, 0.717) is 11.4 Å². The van der Waals surface area contributed by atoms with Crippen molar-refractivity contribution in [3.05, 3.63) is 83.9 Å². The number of ether oxygens (including phenoxy) is 1. The lowest BCUT2D eigenvalue weighted by molar-refractivity contribution is -0.120. The fourth-order valence-electron chi connectivity index (χ4n) is 3.42. The van der Waals surface area contributed by atoms with E-state index in [0.717, 1.165) is 20.3 Å². The van der Waals surface area contributed by atoms with Crippen molar-refractivity contribution >= 4 is 33.4 Å². The summed E-state index contributed by atoms with van der Waals surface area (Å²) in [6, 6.07) is 20.8. The molecule has 0 radical (unpaired) electrons. The molecule has 0 aromatic heterocycles. The van der Waals surface area contributed by atoms with E-state index in [2.05, 4.69) is 5.32 Å². The molecule has 1 atom stereocenters. The number of rotatable bonds is 9. The van der Waals surface area contributed by atoms with Gasteiger partial charge in [-0.2, -0.15) is 0 Å². The predicted molar refractivity (Wildman–Crippen MR) is 133 cm³/mol. The molecular weight excluding hydrogens is 456 g/mol. The van der Waals surface area contributed by atoms with Crippen LogP contribution in [0, 0.1) is 6.92 Å². The minimum absolute atomic E-state index is 0.131. The number of nitrogens with one attached hydrogen (secondary N) is 1. The molecule has 0 spiro atoms. The average Bonchev–Trinajstić information content (AvgIpc) is 2.83. The number of methoxy groups -OCH3 is 1. The van der Waals surface area contributed by atoms with Crippen LogP contribution in [-0.2, 0) is 14.8 Å². The van der Waals surface area contributed by atoms with E-state index in [1.165, 1.54) is 11.8 Å². The smallest absolute Gasteiger partial charge is 0.264 e. The van der Waals surface area contributed by atoms with E-state index < -0.39 is 15.9 Å². The maximum atomic E-state index is 13.5. The first kappa shape index (κ1) is 24.7. The lowest BCUT2D eigenvalue weighted by Crippen LogP contribution is -2.41. The van der Waals surface area contributed by atoms with Gasteiger partial charge in [-0.15, -0.1) is 11.8 Å². The molecule has 0 fully saturated rings. The summed E-state index contributed by atoms with van der Waals surface area (Å²) in [7, 11) is -2.39. The Labute approximate surface area is 200 Å². The van der Waals surface area contributed by atoms with Gasteiger partial charge < -0.3 is 10.1 Å². The molecule has 0 aliphatic carbocycles. The third-order valence-electron chi connectivity index (χ3n) is 5.24. The third-order valence-corrected chi connectivity index (χ3v) is 7.77. The summed E-state index contributed by atoms with van der Waals surface area (Å²) in [5.74, 6) is 0.237. The fraction of sp³-hybridized carbons (Fsp3) is 0.240. The van der Waals surface area contributed by atoms with Crippen LogP contribution in [0.25, 0.3) is 0 Å². The molecule has 3 rings (SSSR count). The number of para-hydroxylation sites is 1. The zero-order valence-electron chi connectivity index (χ0n) is 19.1. The highest BCUT2D eigenvalue weighted by atomic mass is 32.2. The van der Waals surface area contributed by atoms with E-state index in [9.17, 15) is 13.2 Å². The normalized spacial score (nSPS) is 12.1. The second kappa shape index (κ2) is 10.8. The number of sulfonamides is 1. The van der Waals surface area contributed by atoms with Gasteiger partial charge in [-0.05, 0) is 62.6 Å². The van der Waals surface area contributed by atoms with Gasteiger partial charge in [-0.3, -0.25) is 9.10 Å². The first-order valence-electron chi connectivity index (χ1n) is 10.4. The van der Waals surface area contributed by atoms with Crippen LogP contribution in [0.15, 0.2) is 82.6 Å². The maximum absolute atomic E-state index is 13.5. The van der Waals surface area contributed by atoms with Gasteiger partial charge in [0, 0.05) is 10.5 Å². The molecule has 1 amide bonds. The zero-order valence-corrected chi connectivity index (χ0v) is 20.7. The van der Waals surface area contributed by atoms with Gasteiger partial charge in [-0.25, -0.2) is 8.42 Å². The van der Waals surface area contributed by atoms with Crippen molar-refractivity contribution in [2.24, 2.45) is 0 Å². The number of carbonyl (C=O) groups is 1. The topological polar surface area (TPSA) is 75.7 Å². The van der Waals surface area contributed by atoms with Crippen LogP contribution in [0.3, 0.4) is 0 Å². The second-order valence-corrected chi connectivity index (χ2v) is 10.3. The number of benzene rings is 3. The van der Waals surface area contributed by atoms with Crippen LogP contribution in [-0.4, -0.2) is 34.2 Å². The molecule has 174 valence electrons. The Morgan fingerprint density at radius 3 is 2.27 bits per heavy atom. The quantitative estimate of drug-likeness (QED) is 0.442. The summed E-state index contributed by atoms with van der Waals surface area (Å²) in [5.41, 5.74) is 2.23. The second-order valence-electron chi connectivity index (χ2n) is 7.55. The number of thioether (sulfide) groups is 1. The van der Waals surface area contributed by atoms with Gasteiger partial charge in [0.05, 0.1) is 23.7 Å². The Bertz CT molecular complexity index is 1190. The SMILES string of the molecule is COc1ccccc1C(C)NC(=O)CN(c1ccc(C)cc1)S(=O)(=O)c1ccc(SC)cc1. The maximum Gasteiger partial charge on any atom is 0.264 e. The molecule has 1 unspecified atom stereocenters. The van der Waals surface area contributed by atoms with Crippen LogP contribution in [0.2, 0.25) is 0 Å². The highest BCUT2D eigenvalue weighted by Gasteiger charge is 2.28. The minimum atomic E-state index is -3.96. The van der Waals surface area contributed by atoms with Crippen molar-refractivity contribution in [1.82, 2.24) is 5.32 Å². The fourth-order valence-corrected chi connectivity index (χ4v) is 5.25. The Balaban J connectivity index is 1.89. The Morgan fingerprint density at radius 2 is 1.67 bits per heavy atom. The molecule has 33 heavy (non-hydrogen) atoms. The largest absolute Gasteiger partial charge is 0.496 e. The molecular formula is C25H28N2O4S2. The Morgan fingerprint density at radius 1 is 1.03 bits per heavy atom. The number of hydrogen-bond donors (Lipinski definition) is 1. The first-order valence-corrected chi connectivity index (χ1v) is 13.1. The molecule has 0 saturated heterocycles. The van der Waals surface area contributed by atoms with Crippen molar-refractivity contribution in [2.75, 3.05) is 24.2 Å². The zero-order chi connectivity index (χ0) is 24.0. The van der Waals surface area contributed by atoms with E-state index in [1.54, 1.807) is 43.5 Å². The molecule has 8 heteroatoms. The standard InChI is InChI=1S/C25H28N2O4S2/c1-18-9-11-20(12-10-18)27(33(29,30)22-15-13-21(32-4)14-16-22)17-25(28)26-19(2)23-7-5-6-8-24(23)31-3/h5-16,19H,17H2,1-4H3,(H,26,28). The van der Waals surface area contributed by atoms with E-state index in [-0.39, 0.29) is 17.5 Å². The lowest BCUT2D eigenvalue weighted by Gasteiger charge is -2.25. The predicted octanol–water partition coefficient (Wildman–Crippen LogP) is 4.80. The van der Waals surface area contributed by atoms with Gasteiger partial charge in [0.15, 0.2) is 0 Å². The van der Waals surface area contributed by atoms with E-state index in [1.807, 2.05) is 56.5 Å². The molecule has 0 aliphatic heterocycles. The number of nitrogens with zero attached hydrogens (tertiary/aromatic N) is 1. The van der Waals surface area contributed by atoms with Crippen LogP contribution in [0.4, 0.5) is 5.69 Å². The van der Waals surface area contributed by atoms with Crippen molar-refractivity contribution in [3.63, 3.8) is 0 Å². The molecule has 0 bridgehead atoms. The van der Waals surface area contributed by atoms with Crippen molar-refractivity contribution < 1.29 is 17.9 Å². The third kappa shape index (κ3) is 5.89.